The van der Waals surface area contributed by atoms with Crippen molar-refractivity contribution in [1.29, 1.82) is 0 Å². The monoisotopic (exact) mass is 594 g/mol. The molecule has 1 aliphatic rings. The predicted octanol–water partition coefficient (Wildman–Crippen LogP) is 3.52. The Morgan fingerprint density at radius 2 is 1.98 bits per heavy atom. The first-order valence-electron chi connectivity index (χ1n) is 12.8. The van der Waals surface area contributed by atoms with Gasteiger partial charge in [0.15, 0.2) is 12.4 Å². The summed E-state index contributed by atoms with van der Waals surface area (Å²) in [4.78, 5) is 55.5. The number of rotatable bonds is 12. The van der Waals surface area contributed by atoms with Gasteiger partial charge in [-0.25, -0.2) is 9.18 Å². The molecule has 10 nitrogen and oxygen atoms in total. The molecule has 226 valence electrons. The first kappa shape index (κ1) is 32.0. The standard InChI is InChI=1S/C28H30F4N4O6/c1-35(2)24(38)9-5-4-8-21(34-27(40)41-3)22(37)13-17-7-6-10-36(26(17)39)15-20-12-18-11-19(29)14-23(25(18)33-20)42-16-28(30,31)32/h5-7,9-11,14,21H,4,8,12-13,15-16H2,1-3H3,(H,34,40)/b9-5+/t21-/m0/s1. The molecule has 0 saturated carbocycles. The summed E-state index contributed by atoms with van der Waals surface area (Å²) >= 11 is 0. The number of carbonyl (C=O) groups is 3. The zero-order valence-electron chi connectivity index (χ0n) is 23.2. The van der Waals surface area contributed by atoms with Gasteiger partial charge in [0.05, 0.1) is 19.7 Å². The van der Waals surface area contributed by atoms with Crippen molar-refractivity contribution in [2.45, 2.75) is 44.4 Å². The van der Waals surface area contributed by atoms with Crippen LogP contribution in [0.1, 0.15) is 24.0 Å². The Morgan fingerprint density at radius 3 is 2.64 bits per heavy atom. The number of ether oxygens (including phenoxy) is 2. The number of Topliss-reactive ketones (excluding diaryl/α,β-unsaturated/α-hetero) is 1. The van der Waals surface area contributed by atoms with E-state index in [2.05, 4.69) is 15.0 Å². The van der Waals surface area contributed by atoms with Crippen LogP contribution < -0.4 is 15.6 Å². The van der Waals surface area contributed by atoms with E-state index < -0.39 is 42.1 Å². The summed E-state index contributed by atoms with van der Waals surface area (Å²) < 4.78 is 62.5. The minimum absolute atomic E-state index is 0.0630. The molecule has 2 aromatic rings. The number of pyridine rings is 1. The Labute approximate surface area is 238 Å². The number of fused-ring (bicyclic) bond motifs is 1. The number of nitrogens with zero attached hydrogens (tertiary/aromatic N) is 3. The minimum Gasteiger partial charge on any atom is -0.482 e. The highest BCUT2D eigenvalue weighted by atomic mass is 19.4. The Balaban J connectivity index is 1.74. The van der Waals surface area contributed by atoms with Crippen molar-refractivity contribution in [2.75, 3.05) is 27.8 Å². The largest absolute Gasteiger partial charge is 0.482 e. The van der Waals surface area contributed by atoms with Gasteiger partial charge < -0.3 is 24.3 Å². The van der Waals surface area contributed by atoms with Crippen LogP contribution in [0.5, 0.6) is 5.75 Å². The molecule has 42 heavy (non-hydrogen) atoms. The Hall–Kier alpha value is -4.49. The van der Waals surface area contributed by atoms with E-state index in [0.717, 1.165) is 19.2 Å². The second-order valence-electron chi connectivity index (χ2n) is 9.68. The number of allylic oxidation sites excluding steroid dienone is 1. The van der Waals surface area contributed by atoms with Crippen LogP contribution in [0.3, 0.4) is 0 Å². The quantitative estimate of drug-likeness (QED) is 0.297. The van der Waals surface area contributed by atoms with Crippen molar-refractivity contribution in [3.05, 3.63) is 69.9 Å². The maximum atomic E-state index is 14.0. The predicted molar refractivity (Wildman–Crippen MR) is 145 cm³/mol. The molecule has 0 fully saturated rings. The summed E-state index contributed by atoms with van der Waals surface area (Å²) in [6.07, 6.45) is -0.876. The summed E-state index contributed by atoms with van der Waals surface area (Å²) in [7, 11) is 4.33. The molecular formula is C28H30F4N4O6. The number of aliphatic imine (C=N–C) groups is 1. The molecule has 2 amide bonds. The average molecular weight is 595 g/mol. The molecule has 0 spiro atoms. The number of ketones is 1. The molecule has 14 heteroatoms. The zero-order chi connectivity index (χ0) is 31.0. The lowest BCUT2D eigenvalue weighted by atomic mass is 10.0. The third-order valence-electron chi connectivity index (χ3n) is 6.18. The van der Waals surface area contributed by atoms with Crippen molar-refractivity contribution in [2.24, 2.45) is 4.99 Å². The molecule has 1 aromatic carbocycles. The molecular weight excluding hydrogens is 564 g/mol. The number of halogens is 4. The fourth-order valence-electron chi connectivity index (χ4n) is 4.13. The summed E-state index contributed by atoms with van der Waals surface area (Å²) in [5.41, 5.74) is 0.376. The Kier molecular flexibility index (Phi) is 10.6. The highest BCUT2D eigenvalue weighted by molar-refractivity contribution is 5.95. The van der Waals surface area contributed by atoms with E-state index in [4.69, 9.17) is 4.74 Å². The van der Waals surface area contributed by atoms with Crippen LogP contribution in [-0.2, 0) is 33.7 Å². The number of alkyl carbamates (subject to hydrolysis) is 1. The molecule has 1 N–H and O–H groups in total. The van der Waals surface area contributed by atoms with Gasteiger partial charge in [-0.3, -0.25) is 19.4 Å². The van der Waals surface area contributed by atoms with Gasteiger partial charge in [-0.1, -0.05) is 12.1 Å². The molecule has 0 radical (unpaired) electrons. The summed E-state index contributed by atoms with van der Waals surface area (Å²) in [6.45, 7) is -1.68. The van der Waals surface area contributed by atoms with Crippen LogP contribution in [0.15, 0.2) is 52.4 Å². The maximum Gasteiger partial charge on any atom is 0.422 e. The number of hydrogen-bond donors (Lipinski definition) is 1. The van der Waals surface area contributed by atoms with Crippen LogP contribution in [0.4, 0.5) is 28.0 Å². The number of methoxy groups -OCH3 is 1. The van der Waals surface area contributed by atoms with E-state index in [1.54, 1.807) is 26.2 Å². The fourth-order valence-corrected chi connectivity index (χ4v) is 4.13. The lowest BCUT2D eigenvalue weighted by Crippen LogP contribution is -2.42. The van der Waals surface area contributed by atoms with E-state index in [1.807, 2.05) is 0 Å². The van der Waals surface area contributed by atoms with Crippen molar-refractivity contribution in [3.63, 3.8) is 0 Å². The molecule has 0 aliphatic carbocycles. The second kappa shape index (κ2) is 13.9. The van der Waals surface area contributed by atoms with Gasteiger partial charge in [0.1, 0.15) is 17.3 Å². The average Bonchev–Trinajstić information content (AvgIpc) is 3.32. The molecule has 1 atom stereocenters. The number of alkyl halides is 3. The van der Waals surface area contributed by atoms with Gasteiger partial charge in [-0.2, -0.15) is 13.2 Å². The third-order valence-corrected chi connectivity index (χ3v) is 6.18. The molecule has 0 saturated heterocycles. The topological polar surface area (TPSA) is 119 Å². The summed E-state index contributed by atoms with van der Waals surface area (Å²) in [5, 5.41) is 2.45. The lowest BCUT2D eigenvalue weighted by molar-refractivity contribution is -0.153. The second-order valence-corrected chi connectivity index (χ2v) is 9.68. The van der Waals surface area contributed by atoms with Gasteiger partial charge in [0.25, 0.3) is 5.56 Å². The lowest BCUT2D eigenvalue weighted by Gasteiger charge is -2.16. The van der Waals surface area contributed by atoms with Gasteiger partial charge in [-0.15, -0.1) is 0 Å². The molecule has 0 bridgehead atoms. The smallest absolute Gasteiger partial charge is 0.422 e. The number of likely N-dealkylation sites (N-methyl/N-ethyl adjacent to an activating group) is 1. The van der Waals surface area contributed by atoms with E-state index in [-0.39, 0.29) is 55.1 Å². The van der Waals surface area contributed by atoms with E-state index in [9.17, 15) is 36.7 Å². The fraction of sp³-hybridized carbons (Fsp3) is 0.393. The van der Waals surface area contributed by atoms with Gasteiger partial charge in [0.2, 0.25) is 5.91 Å². The number of hydrogen-bond acceptors (Lipinski definition) is 7. The van der Waals surface area contributed by atoms with E-state index in [0.29, 0.717) is 11.3 Å². The van der Waals surface area contributed by atoms with Crippen molar-refractivity contribution < 1.29 is 41.4 Å². The molecule has 3 rings (SSSR count). The minimum atomic E-state index is -4.62. The zero-order valence-corrected chi connectivity index (χ0v) is 23.2. The van der Waals surface area contributed by atoms with E-state index >= 15 is 0 Å². The van der Waals surface area contributed by atoms with Gasteiger partial charge in [0, 0.05) is 50.5 Å². The number of nitrogens with one attached hydrogen (secondary N) is 1. The summed E-state index contributed by atoms with van der Waals surface area (Å²) in [5.74, 6) is -1.84. The number of amides is 2. The maximum absolute atomic E-state index is 14.0. The van der Waals surface area contributed by atoms with Crippen molar-refractivity contribution in [3.8, 4) is 5.75 Å². The number of benzene rings is 1. The summed E-state index contributed by atoms with van der Waals surface area (Å²) in [6, 6.07) is 3.98. The first-order chi connectivity index (χ1) is 19.8. The molecule has 2 heterocycles. The normalized spacial score (nSPS) is 13.4. The van der Waals surface area contributed by atoms with Crippen LogP contribution in [0.2, 0.25) is 0 Å². The Bertz CT molecular complexity index is 1450. The highest BCUT2D eigenvalue weighted by Gasteiger charge is 2.30. The van der Waals surface area contributed by atoms with Gasteiger partial charge >= 0.3 is 12.3 Å². The number of carbonyl (C=O) groups excluding carboxylic acids is 3. The van der Waals surface area contributed by atoms with E-state index in [1.165, 1.54) is 27.8 Å². The molecule has 1 aromatic heterocycles. The first-order valence-corrected chi connectivity index (χ1v) is 12.8. The third kappa shape index (κ3) is 9.01. The van der Waals surface area contributed by atoms with Crippen LogP contribution in [0.25, 0.3) is 0 Å². The Morgan fingerprint density at radius 1 is 1.24 bits per heavy atom. The van der Waals surface area contributed by atoms with Crippen LogP contribution in [-0.4, -0.2) is 73.0 Å². The van der Waals surface area contributed by atoms with Crippen LogP contribution in [0, 0.1) is 5.82 Å². The number of aromatic nitrogens is 1. The van der Waals surface area contributed by atoms with Crippen molar-refractivity contribution >= 4 is 29.2 Å². The molecule has 0 unspecified atom stereocenters. The SMILES string of the molecule is COC(=O)N[C@@H](CC/C=C/C(=O)N(C)C)C(=O)Cc1cccn(CC2=Nc3c(cc(F)cc3OCC(F)(F)F)C2)c1=O. The van der Waals surface area contributed by atoms with Gasteiger partial charge in [-0.05, 0) is 36.6 Å². The molecule has 1 aliphatic heterocycles. The van der Waals surface area contributed by atoms with Crippen molar-refractivity contribution in [1.82, 2.24) is 14.8 Å². The highest BCUT2D eigenvalue weighted by Crippen LogP contribution is 2.38. The van der Waals surface area contributed by atoms with Crippen LogP contribution >= 0.6 is 0 Å².